The molecule has 1 amide bonds. The maximum Gasteiger partial charge on any atom is 0.407 e. The second-order valence-electron chi connectivity index (χ2n) is 7.59. The molecule has 0 saturated heterocycles. The molecule has 1 aliphatic rings. The molecule has 0 aromatic heterocycles. The van der Waals surface area contributed by atoms with Crippen LogP contribution in [0.3, 0.4) is 0 Å². The van der Waals surface area contributed by atoms with Crippen LogP contribution in [0, 0.1) is 5.82 Å². The van der Waals surface area contributed by atoms with Gasteiger partial charge in [0, 0.05) is 18.0 Å². The molecule has 32 heavy (non-hydrogen) atoms. The van der Waals surface area contributed by atoms with Crippen molar-refractivity contribution in [3.05, 3.63) is 88.2 Å². The number of carbonyl (C=O) groups is 1. The molecule has 1 aliphatic carbocycles. The molecular weight excluding hydrogens is 435 g/mol. The number of nitrogens with one attached hydrogen (secondary N) is 1. The van der Waals surface area contributed by atoms with Crippen LogP contribution in [0.2, 0.25) is 5.02 Å². The van der Waals surface area contributed by atoms with Gasteiger partial charge in [0.1, 0.15) is 18.8 Å². The maximum absolute atomic E-state index is 13.8. The third-order valence-electron chi connectivity index (χ3n) is 5.62. The quantitative estimate of drug-likeness (QED) is 0.420. The minimum Gasteiger partial charge on any atom is -0.449 e. The van der Waals surface area contributed by atoms with Crippen LogP contribution in [0.5, 0.6) is 0 Å². The number of hydrogen-bond donors (Lipinski definition) is 4. The van der Waals surface area contributed by atoms with Crippen LogP contribution in [0.25, 0.3) is 11.1 Å². The molecule has 2 atom stereocenters. The standard InChI is InChI=1S/C24H22ClFN2O4/c25-21-17(9-10-19(27)22(21)26)23(30)20(29)11-28-24(31)32-12-18-15-7-3-1-5-13(15)14-6-2-4-8-16(14)18/h1-10,18,20,23,29-30H,11-12,27H2,(H,28,31). The number of alkyl carbamates (subject to hydrolysis) is 1. The van der Waals surface area contributed by atoms with Crippen LogP contribution >= 0.6 is 11.6 Å². The van der Waals surface area contributed by atoms with Crippen molar-refractivity contribution in [3.63, 3.8) is 0 Å². The average molecular weight is 457 g/mol. The minimum absolute atomic E-state index is 0.0276. The molecular formula is C24H22ClFN2O4. The summed E-state index contributed by atoms with van der Waals surface area (Å²) in [5, 5.41) is 22.5. The number of nitrogens with two attached hydrogens (primary N) is 1. The number of ether oxygens (including phenoxy) is 1. The Balaban J connectivity index is 1.36. The summed E-state index contributed by atoms with van der Waals surface area (Å²) >= 11 is 5.87. The van der Waals surface area contributed by atoms with Crippen LogP contribution in [0.4, 0.5) is 14.9 Å². The van der Waals surface area contributed by atoms with E-state index in [0.29, 0.717) is 0 Å². The molecule has 0 saturated carbocycles. The Labute approximate surface area is 189 Å². The first kappa shape index (κ1) is 22.1. The van der Waals surface area contributed by atoms with Crippen molar-refractivity contribution in [1.29, 1.82) is 0 Å². The molecule has 0 fully saturated rings. The van der Waals surface area contributed by atoms with E-state index < -0.39 is 24.1 Å². The lowest BCUT2D eigenvalue weighted by Crippen LogP contribution is -2.36. The Morgan fingerprint density at radius 2 is 1.66 bits per heavy atom. The Hall–Kier alpha value is -3.13. The van der Waals surface area contributed by atoms with Gasteiger partial charge in [-0.2, -0.15) is 0 Å². The zero-order valence-corrected chi connectivity index (χ0v) is 17.7. The first-order chi connectivity index (χ1) is 15.4. The van der Waals surface area contributed by atoms with Gasteiger partial charge < -0.3 is 26.0 Å². The highest BCUT2D eigenvalue weighted by atomic mass is 35.5. The van der Waals surface area contributed by atoms with Gasteiger partial charge in [0.25, 0.3) is 0 Å². The van der Waals surface area contributed by atoms with E-state index in [1.54, 1.807) is 0 Å². The Bertz CT molecular complexity index is 1110. The summed E-state index contributed by atoms with van der Waals surface area (Å²) in [7, 11) is 0. The molecule has 0 aliphatic heterocycles. The Kier molecular flexibility index (Phi) is 6.32. The maximum atomic E-state index is 13.8. The zero-order chi connectivity index (χ0) is 22.8. The van der Waals surface area contributed by atoms with Crippen LogP contribution in [-0.4, -0.2) is 35.6 Å². The van der Waals surface area contributed by atoms with E-state index in [2.05, 4.69) is 5.32 Å². The largest absolute Gasteiger partial charge is 0.449 e. The summed E-state index contributed by atoms with van der Waals surface area (Å²) in [5.41, 5.74) is 9.62. The number of nitrogen functional groups attached to an aromatic ring is 1. The van der Waals surface area contributed by atoms with Gasteiger partial charge in [-0.15, -0.1) is 0 Å². The fraction of sp³-hybridized carbons (Fsp3) is 0.208. The zero-order valence-electron chi connectivity index (χ0n) is 17.0. The second kappa shape index (κ2) is 9.16. The van der Waals surface area contributed by atoms with Crippen molar-refractivity contribution in [2.75, 3.05) is 18.9 Å². The van der Waals surface area contributed by atoms with Gasteiger partial charge in [0.15, 0.2) is 5.82 Å². The van der Waals surface area contributed by atoms with Crippen molar-refractivity contribution in [2.45, 2.75) is 18.1 Å². The predicted octanol–water partition coefficient (Wildman–Crippen LogP) is 3.99. The van der Waals surface area contributed by atoms with Gasteiger partial charge in [-0.3, -0.25) is 0 Å². The second-order valence-corrected chi connectivity index (χ2v) is 7.97. The number of hydrogen-bond acceptors (Lipinski definition) is 5. The number of rotatable bonds is 6. The summed E-state index contributed by atoms with van der Waals surface area (Å²) in [5.74, 6) is -0.972. The van der Waals surface area contributed by atoms with Crippen LogP contribution in [0.15, 0.2) is 60.7 Å². The van der Waals surface area contributed by atoms with E-state index in [4.69, 9.17) is 22.1 Å². The van der Waals surface area contributed by atoms with Crippen molar-refractivity contribution in [2.24, 2.45) is 0 Å². The van der Waals surface area contributed by atoms with Crippen molar-refractivity contribution < 1.29 is 24.1 Å². The van der Waals surface area contributed by atoms with E-state index in [0.717, 1.165) is 22.3 Å². The van der Waals surface area contributed by atoms with Crippen LogP contribution < -0.4 is 11.1 Å². The number of aliphatic hydroxyl groups excluding tert-OH is 2. The van der Waals surface area contributed by atoms with E-state index in [1.165, 1.54) is 12.1 Å². The molecule has 5 N–H and O–H groups in total. The molecule has 4 rings (SSSR count). The van der Waals surface area contributed by atoms with E-state index in [-0.39, 0.29) is 35.3 Å². The van der Waals surface area contributed by atoms with E-state index in [1.807, 2.05) is 48.5 Å². The molecule has 0 radical (unpaired) electrons. The van der Waals surface area contributed by atoms with Crippen LogP contribution in [0.1, 0.15) is 28.7 Å². The summed E-state index contributed by atoms with van der Waals surface area (Å²) in [6.07, 6.45) is -3.70. The lowest BCUT2D eigenvalue weighted by molar-refractivity contribution is 0.0184. The highest BCUT2D eigenvalue weighted by Gasteiger charge is 2.29. The number of carbonyl (C=O) groups excluding carboxylic acids is 1. The number of anilines is 1. The Morgan fingerprint density at radius 3 is 2.28 bits per heavy atom. The normalized spacial score (nSPS) is 14.4. The van der Waals surface area contributed by atoms with Gasteiger partial charge in [-0.05, 0) is 28.3 Å². The molecule has 3 aromatic rings. The number of fused-ring (bicyclic) bond motifs is 3. The SMILES string of the molecule is Nc1ccc(C(O)C(O)CNC(=O)OCC2c3ccccc3-c3ccccc32)c(Cl)c1F. The summed E-state index contributed by atoms with van der Waals surface area (Å²) < 4.78 is 19.2. The first-order valence-electron chi connectivity index (χ1n) is 10.1. The molecule has 6 nitrogen and oxygen atoms in total. The number of amides is 1. The fourth-order valence-corrected chi connectivity index (χ4v) is 4.25. The topological polar surface area (TPSA) is 105 Å². The minimum atomic E-state index is -1.52. The molecule has 166 valence electrons. The molecule has 0 bridgehead atoms. The first-order valence-corrected chi connectivity index (χ1v) is 10.4. The van der Waals surface area contributed by atoms with Gasteiger partial charge in [0.2, 0.25) is 0 Å². The highest BCUT2D eigenvalue weighted by Crippen LogP contribution is 2.44. The monoisotopic (exact) mass is 456 g/mol. The molecule has 8 heteroatoms. The number of halogens is 2. The third-order valence-corrected chi connectivity index (χ3v) is 6.01. The van der Waals surface area contributed by atoms with E-state index in [9.17, 15) is 19.4 Å². The highest BCUT2D eigenvalue weighted by molar-refractivity contribution is 6.31. The van der Waals surface area contributed by atoms with Gasteiger partial charge in [0.05, 0.1) is 10.7 Å². The van der Waals surface area contributed by atoms with Gasteiger partial charge >= 0.3 is 6.09 Å². The smallest absolute Gasteiger partial charge is 0.407 e. The number of benzene rings is 3. The van der Waals surface area contributed by atoms with Gasteiger partial charge in [-0.1, -0.05) is 66.2 Å². The Morgan fingerprint density at radius 1 is 1.06 bits per heavy atom. The fourth-order valence-electron chi connectivity index (χ4n) is 3.96. The molecule has 0 spiro atoms. The average Bonchev–Trinajstić information content (AvgIpc) is 3.13. The van der Waals surface area contributed by atoms with Crippen molar-refractivity contribution >= 4 is 23.4 Å². The lowest BCUT2D eigenvalue weighted by atomic mass is 9.98. The lowest BCUT2D eigenvalue weighted by Gasteiger charge is -2.20. The molecule has 3 aromatic carbocycles. The summed E-state index contributed by atoms with van der Waals surface area (Å²) in [6, 6.07) is 18.5. The molecule has 2 unspecified atom stereocenters. The van der Waals surface area contributed by atoms with Gasteiger partial charge in [-0.25, -0.2) is 9.18 Å². The predicted molar refractivity (Wildman–Crippen MR) is 120 cm³/mol. The molecule has 0 heterocycles. The van der Waals surface area contributed by atoms with E-state index >= 15 is 0 Å². The van der Waals surface area contributed by atoms with Crippen molar-refractivity contribution in [1.82, 2.24) is 5.32 Å². The number of aliphatic hydroxyl groups is 2. The summed E-state index contributed by atoms with van der Waals surface area (Å²) in [4.78, 5) is 12.2. The third kappa shape index (κ3) is 4.14. The summed E-state index contributed by atoms with van der Waals surface area (Å²) in [6.45, 7) is -0.201. The van der Waals surface area contributed by atoms with Crippen LogP contribution in [-0.2, 0) is 4.74 Å². The van der Waals surface area contributed by atoms with Crippen molar-refractivity contribution in [3.8, 4) is 11.1 Å².